The van der Waals surface area contributed by atoms with Gasteiger partial charge in [-0.3, -0.25) is 9.78 Å². The van der Waals surface area contributed by atoms with Crippen LogP contribution in [0.25, 0.3) is 21.7 Å². The molecule has 2 aromatic carbocycles. The smallest absolute Gasteiger partial charge is 0.150 e. The molecular formula is C14H9NO. The van der Waals surface area contributed by atoms with E-state index in [0.29, 0.717) is 5.56 Å². The lowest BCUT2D eigenvalue weighted by Crippen LogP contribution is -1.87. The molecule has 2 heteroatoms. The zero-order valence-electron chi connectivity index (χ0n) is 8.55. The van der Waals surface area contributed by atoms with Crippen LogP contribution in [0.1, 0.15) is 10.4 Å². The Hall–Kier alpha value is -2.22. The molecule has 0 aliphatic heterocycles. The van der Waals surface area contributed by atoms with Crippen LogP contribution in [0.15, 0.2) is 48.7 Å². The summed E-state index contributed by atoms with van der Waals surface area (Å²) in [4.78, 5) is 15.3. The van der Waals surface area contributed by atoms with Crippen molar-refractivity contribution in [3.8, 4) is 0 Å². The van der Waals surface area contributed by atoms with Crippen molar-refractivity contribution in [2.24, 2.45) is 0 Å². The Labute approximate surface area is 92.5 Å². The minimum absolute atomic E-state index is 0.696. The van der Waals surface area contributed by atoms with Crippen molar-refractivity contribution in [3.05, 3.63) is 54.2 Å². The quantitative estimate of drug-likeness (QED) is 0.453. The molecule has 3 aromatic rings. The monoisotopic (exact) mass is 207 g/mol. The van der Waals surface area contributed by atoms with E-state index in [1.54, 1.807) is 12.3 Å². The summed E-state index contributed by atoms with van der Waals surface area (Å²) < 4.78 is 0. The molecule has 1 heterocycles. The number of carbonyl (C=O) groups excluding carboxylic acids is 1. The molecule has 0 saturated carbocycles. The van der Waals surface area contributed by atoms with Crippen molar-refractivity contribution >= 4 is 28.0 Å². The number of fused-ring (bicyclic) bond motifs is 3. The molecule has 0 spiro atoms. The summed E-state index contributed by atoms with van der Waals surface area (Å²) in [6.07, 6.45) is 2.55. The average Bonchev–Trinajstić information content (AvgIpc) is 2.37. The van der Waals surface area contributed by atoms with Crippen LogP contribution in [-0.2, 0) is 0 Å². The maximum Gasteiger partial charge on any atom is 0.150 e. The van der Waals surface area contributed by atoms with Crippen LogP contribution in [0, 0.1) is 0 Å². The van der Waals surface area contributed by atoms with E-state index in [1.807, 2.05) is 36.4 Å². The van der Waals surface area contributed by atoms with Gasteiger partial charge in [0.25, 0.3) is 0 Å². The zero-order chi connectivity index (χ0) is 11.0. The summed E-state index contributed by atoms with van der Waals surface area (Å²) >= 11 is 0. The largest absolute Gasteiger partial charge is 0.298 e. The Bertz CT molecular complexity index is 688. The van der Waals surface area contributed by atoms with E-state index in [9.17, 15) is 4.79 Å². The van der Waals surface area contributed by atoms with Gasteiger partial charge in [-0.25, -0.2) is 0 Å². The lowest BCUT2D eigenvalue weighted by atomic mass is 10.0. The minimum Gasteiger partial charge on any atom is -0.298 e. The Kier molecular flexibility index (Phi) is 1.93. The van der Waals surface area contributed by atoms with Gasteiger partial charge in [0.2, 0.25) is 0 Å². The zero-order valence-corrected chi connectivity index (χ0v) is 8.55. The lowest BCUT2D eigenvalue weighted by Gasteiger charge is -2.04. The third-order valence-electron chi connectivity index (χ3n) is 2.79. The predicted molar refractivity (Wildman–Crippen MR) is 64.6 cm³/mol. The number of aldehydes is 1. The second-order valence-corrected chi connectivity index (χ2v) is 3.70. The van der Waals surface area contributed by atoms with Crippen molar-refractivity contribution in [1.29, 1.82) is 0 Å². The van der Waals surface area contributed by atoms with Gasteiger partial charge in [-0.15, -0.1) is 0 Å². The van der Waals surface area contributed by atoms with E-state index in [4.69, 9.17) is 0 Å². The van der Waals surface area contributed by atoms with Gasteiger partial charge in [-0.1, -0.05) is 30.3 Å². The van der Waals surface area contributed by atoms with Gasteiger partial charge in [0.15, 0.2) is 6.29 Å². The van der Waals surface area contributed by atoms with Gasteiger partial charge in [-0.05, 0) is 22.9 Å². The Balaban J connectivity index is 2.62. The number of benzene rings is 2. The number of aromatic nitrogens is 1. The SMILES string of the molecule is O=Cc1ccnc2ccc3ccccc3c12. The minimum atomic E-state index is 0.696. The number of rotatable bonds is 1. The molecule has 0 N–H and O–H groups in total. The normalized spacial score (nSPS) is 10.8. The lowest BCUT2D eigenvalue weighted by molar-refractivity contribution is 0.112. The molecule has 0 aliphatic carbocycles. The first-order valence-corrected chi connectivity index (χ1v) is 5.12. The maximum atomic E-state index is 11.0. The standard InChI is InChI=1S/C14H9NO/c16-9-11-7-8-15-13-6-5-10-3-1-2-4-12(10)14(11)13/h1-9H. The molecule has 16 heavy (non-hydrogen) atoms. The molecule has 0 atom stereocenters. The number of hydrogen-bond donors (Lipinski definition) is 0. The highest BCUT2D eigenvalue weighted by molar-refractivity contribution is 6.12. The first-order chi connectivity index (χ1) is 7.90. The molecule has 0 bridgehead atoms. The second kappa shape index (κ2) is 3.42. The highest BCUT2D eigenvalue weighted by Gasteiger charge is 2.04. The molecule has 0 saturated heterocycles. The van der Waals surface area contributed by atoms with Crippen molar-refractivity contribution in [2.45, 2.75) is 0 Å². The van der Waals surface area contributed by atoms with Gasteiger partial charge >= 0.3 is 0 Å². The van der Waals surface area contributed by atoms with Crippen molar-refractivity contribution in [2.75, 3.05) is 0 Å². The fourth-order valence-electron chi connectivity index (χ4n) is 2.05. The molecular weight excluding hydrogens is 198 g/mol. The van der Waals surface area contributed by atoms with Crippen LogP contribution >= 0.6 is 0 Å². The second-order valence-electron chi connectivity index (χ2n) is 3.70. The third kappa shape index (κ3) is 1.20. The van der Waals surface area contributed by atoms with Crippen molar-refractivity contribution in [1.82, 2.24) is 4.98 Å². The van der Waals surface area contributed by atoms with Crippen molar-refractivity contribution in [3.63, 3.8) is 0 Å². The fourth-order valence-corrected chi connectivity index (χ4v) is 2.05. The molecule has 0 amide bonds. The third-order valence-corrected chi connectivity index (χ3v) is 2.79. The fraction of sp³-hybridized carbons (Fsp3) is 0. The van der Waals surface area contributed by atoms with Gasteiger partial charge < -0.3 is 0 Å². The molecule has 0 radical (unpaired) electrons. The first kappa shape index (κ1) is 9.04. The van der Waals surface area contributed by atoms with Crippen LogP contribution in [0.4, 0.5) is 0 Å². The average molecular weight is 207 g/mol. The van der Waals surface area contributed by atoms with E-state index < -0.39 is 0 Å². The summed E-state index contributed by atoms with van der Waals surface area (Å²) in [7, 11) is 0. The van der Waals surface area contributed by atoms with E-state index in [-0.39, 0.29) is 0 Å². The first-order valence-electron chi connectivity index (χ1n) is 5.12. The van der Waals surface area contributed by atoms with Crippen LogP contribution < -0.4 is 0 Å². The molecule has 0 aliphatic rings. The van der Waals surface area contributed by atoms with Gasteiger partial charge in [0.05, 0.1) is 5.52 Å². The highest BCUT2D eigenvalue weighted by atomic mass is 16.1. The molecule has 76 valence electrons. The predicted octanol–water partition coefficient (Wildman–Crippen LogP) is 3.20. The summed E-state index contributed by atoms with van der Waals surface area (Å²) in [6.45, 7) is 0. The Morgan fingerprint density at radius 3 is 2.75 bits per heavy atom. The van der Waals surface area contributed by atoms with Gasteiger partial charge in [0, 0.05) is 17.1 Å². The van der Waals surface area contributed by atoms with Crippen LogP contribution in [0.5, 0.6) is 0 Å². The van der Waals surface area contributed by atoms with Gasteiger partial charge in [0.1, 0.15) is 0 Å². The van der Waals surface area contributed by atoms with Crippen LogP contribution in [-0.4, -0.2) is 11.3 Å². The van der Waals surface area contributed by atoms with Crippen molar-refractivity contribution < 1.29 is 4.79 Å². The summed E-state index contributed by atoms with van der Waals surface area (Å²) in [6, 6.07) is 13.8. The van der Waals surface area contributed by atoms with Crippen LogP contribution in [0.2, 0.25) is 0 Å². The number of carbonyl (C=O) groups is 1. The molecule has 0 fully saturated rings. The highest BCUT2D eigenvalue weighted by Crippen LogP contribution is 2.25. The number of nitrogens with zero attached hydrogens (tertiary/aromatic N) is 1. The number of pyridine rings is 1. The molecule has 1 aromatic heterocycles. The van der Waals surface area contributed by atoms with Gasteiger partial charge in [-0.2, -0.15) is 0 Å². The van der Waals surface area contributed by atoms with E-state index in [2.05, 4.69) is 4.98 Å². The van der Waals surface area contributed by atoms with Crippen LogP contribution in [0.3, 0.4) is 0 Å². The Morgan fingerprint density at radius 1 is 1.00 bits per heavy atom. The summed E-state index contributed by atoms with van der Waals surface area (Å²) in [5, 5.41) is 3.15. The van der Waals surface area contributed by atoms with E-state index in [0.717, 1.165) is 28.0 Å². The topological polar surface area (TPSA) is 30.0 Å². The maximum absolute atomic E-state index is 11.0. The van der Waals surface area contributed by atoms with E-state index in [1.165, 1.54) is 0 Å². The summed E-state index contributed by atoms with van der Waals surface area (Å²) in [5.41, 5.74) is 1.56. The summed E-state index contributed by atoms with van der Waals surface area (Å²) in [5.74, 6) is 0. The number of hydrogen-bond acceptors (Lipinski definition) is 2. The van der Waals surface area contributed by atoms with E-state index >= 15 is 0 Å². The Morgan fingerprint density at radius 2 is 1.88 bits per heavy atom. The molecule has 0 unspecified atom stereocenters. The molecule has 2 nitrogen and oxygen atoms in total. The molecule has 3 rings (SSSR count).